The summed E-state index contributed by atoms with van der Waals surface area (Å²) in [6.45, 7) is 2.80. The SMILES string of the molecule is C[C@@H]1C(CO)=C(C(=O)OCc2ccc([N+](=O)[O-])cc2)N2C(=O)[C@H]([C@@H](C)NC(=O)Cn3cnnn3)[C@@H]12. The topological polar surface area (TPSA) is 183 Å². The minimum Gasteiger partial charge on any atom is -0.456 e. The number of esters is 1. The summed E-state index contributed by atoms with van der Waals surface area (Å²) in [5, 5.41) is 34.0. The predicted octanol–water partition coefficient (Wildman–Crippen LogP) is -0.447. The Morgan fingerprint density at radius 1 is 1.31 bits per heavy atom. The maximum atomic E-state index is 13.0. The molecule has 4 rings (SSSR count). The van der Waals surface area contributed by atoms with Crippen LogP contribution in [0.4, 0.5) is 5.69 Å². The number of ether oxygens (including phenoxy) is 1. The van der Waals surface area contributed by atoms with Crippen molar-refractivity contribution in [3.63, 3.8) is 0 Å². The fourth-order valence-electron chi connectivity index (χ4n) is 4.58. The molecule has 4 atom stereocenters. The van der Waals surface area contributed by atoms with Crippen LogP contribution in [0.5, 0.6) is 0 Å². The lowest BCUT2D eigenvalue weighted by atomic mass is 9.76. The van der Waals surface area contributed by atoms with E-state index in [4.69, 9.17) is 4.74 Å². The van der Waals surface area contributed by atoms with Crippen molar-refractivity contribution in [3.05, 3.63) is 57.5 Å². The molecule has 14 heteroatoms. The second kappa shape index (κ2) is 9.58. The number of nitro groups is 1. The van der Waals surface area contributed by atoms with Gasteiger partial charge in [0, 0.05) is 24.1 Å². The maximum absolute atomic E-state index is 13.0. The fraction of sp³-hybridized carbons (Fsp3) is 0.429. The van der Waals surface area contributed by atoms with Crippen molar-refractivity contribution in [2.24, 2.45) is 11.8 Å². The number of carbonyl (C=O) groups is 3. The smallest absolute Gasteiger partial charge is 0.355 e. The van der Waals surface area contributed by atoms with Crippen LogP contribution in [0.2, 0.25) is 0 Å². The Labute approximate surface area is 198 Å². The number of nitro benzene ring substituents is 1. The number of nitrogens with zero attached hydrogens (tertiary/aromatic N) is 6. The summed E-state index contributed by atoms with van der Waals surface area (Å²) in [5.41, 5.74) is 0.825. The van der Waals surface area contributed by atoms with Crippen molar-refractivity contribution < 1.29 is 29.2 Å². The van der Waals surface area contributed by atoms with E-state index in [9.17, 15) is 29.6 Å². The van der Waals surface area contributed by atoms with Crippen LogP contribution in [0.25, 0.3) is 0 Å². The zero-order valence-electron chi connectivity index (χ0n) is 18.9. The number of benzene rings is 1. The van der Waals surface area contributed by atoms with Crippen LogP contribution in [0, 0.1) is 22.0 Å². The van der Waals surface area contributed by atoms with E-state index in [1.165, 1.54) is 40.2 Å². The number of hydrogen-bond donors (Lipinski definition) is 2. The van der Waals surface area contributed by atoms with E-state index in [1.807, 2.05) is 0 Å². The van der Waals surface area contributed by atoms with Gasteiger partial charge in [-0.3, -0.25) is 19.7 Å². The Morgan fingerprint density at radius 3 is 2.63 bits per heavy atom. The quantitative estimate of drug-likeness (QED) is 0.204. The van der Waals surface area contributed by atoms with Gasteiger partial charge in [-0.15, -0.1) is 5.10 Å². The summed E-state index contributed by atoms with van der Waals surface area (Å²) in [4.78, 5) is 49.8. The highest BCUT2D eigenvalue weighted by Gasteiger charge is 2.60. The predicted molar refractivity (Wildman–Crippen MR) is 116 cm³/mol. The van der Waals surface area contributed by atoms with E-state index in [-0.39, 0.29) is 42.3 Å². The molecule has 0 spiro atoms. The van der Waals surface area contributed by atoms with Crippen LogP contribution < -0.4 is 5.32 Å². The van der Waals surface area contributed by atoms with Crippen LogP contribution in [0.3, 0.4) is 0 Å². The van der Waals surface area contributed by atoms with E-state index < -0.39 is 35.5 Å². The van der Waals surface area contributed by atoms with E-state index in [0.717, 1.165) is 0 Å². The third kappa shape index (κ3) is 4.47. The van der Waals surface area contributed by atoms with Gasteiger partial charge in [0.05, 0.1) is 23.5 Å². The number of rotatable bonds is 9. The van der Waals surface area contributed by atoms with E-state index in [1.54, 1.807) is 13.8 Å². The number of nitrogens with one attached hydrogen (secondary N) is 1. The lowest BCUT2D eigenvalue weighted by Crippen LogP contribution is -2.66. The highest BCUT2D eigenvalue weighted by molar-refractivity contribution is 6.01. The van der Waals surface area contributed by atoms with Gasteiger partial charge in [-0.25, -0.2) is 9.48 Å². The molecule has 184 valence electrons. The average Bonchev–Trinajstić information content (AvgIpc) is 3.41. The Kier molecular flexibility index (Phi) is 6.55. The molecule has 0 saturated carbocycles. The van der Waals surface area contributed by atoms with Gasteiger partial charge in [-0.05, 0) is 40.6 Å². The number of aromatic nitrogens is 4. The first-order valence-corrected chi connectivity index (χ1v) is 10.8. The third-order valence-corrected chi connectivity index (χ3v) is 6.30. The average molecular weight is 485 g/mol. The maximum Gasteiger partial charge on any atom is 0.355 e. The van der Waals surface area contributed by atoms with E-state index in [2.05, 4.69) is 20.8 Å². The molecule has 1 saturated heterocycles. The van der Waals surface area contributed by atoms with E-state index in [0.29, 0.717) is 11.1 Å². The molecular formula is C21H23N7O7. The van der Waals surface area contributed by atoms with Crippen molar-refractivity contribution in [2.45, 2.75) is 39.1 Å². The normalized spacial score (nSPS) is 21.9. The minimum absolute atomic E-state index is 0.000350. The summed E-state index contributed by atoms with van der Waals surface area (Å²) in [5.74, 6) is -2.43. The molecule has 1 aromatic heterocycles. The molecule has 1 fully saturated rings. The van der Waals surface area contributed by atoms with Crippen molar-refractivity contribution in [2.75, 3.05) is 6.61 Å². The van der Waals surface area contributed by atoms with Gasteiger partial charge in [0.2, 0.25) is 11.8 Å². The summed E-state index contributed by atoms with van der Waals surface area (Å²) >= 11 is 0. The largest absolute Gasteiger partial charge is 0.456 e. The summed E-state index contributed by atoms with van der Waals surface area (Å²) in [6.07, 6.45) is 1.30. The Bertz CT molecular complexity index is 1180. The van der Waals surface area contributed by atoms with Crippen molar-refractivity contribution >= 4 is 23.5 Å². The van der Waals surface area contributed by atoms with Crippen molar-refractivity contribution in [1.29, 1.82) is 0 Å². The number of tetrazole rings is 1. The van der Waals surface area contributed by atoms with Gasteiger partial charge < -0.3 is 20.1 Å². The number of non-ortho nitro benzene ring substituents is 1. The van der Waals surface area contributed by atoms with Gasteiger partial charge in [0.25, 0.3) is 5.69 Å². The van der Waals surface area contributed by atoms with Crippen molar-refractivity contribution in [3.8, 4) is 0 Å². The molecule has 0 unspecified atom stereocenters. The number of hydrogen-bond acceptors (Lipinski definition) is 10. The molecule has 14 nitrogen and oxygen atoms in total. The molecule has 35 heavy (non-hydrogen) atoms. The van der Waals surface area contributed by atoms with Gasteiger partial charge in [0.1, 0.15) is 25.2 Å². The van der Waals surface area contributed by atoms with Crippen LogP contribution >= 0.6 is 0 Å². The third-order valence-electron chi connectivity index (χ3n) is 6.30. The van der Waals surface area contributed by atoms with Crippen LogP contribution in [0.15, 0.2) is 41.9 Å². The molecule has 2 aliphatic rings. The number of aliphatic hydroxyl groups is 1. The zero-order valence-corrected chi connectivity index (χ0v) is 18.9. The molecule has 0 bridgehead atoms. The standard InChI is InChI=1S/C21H23N7O7/c1-11-15(8-29)19(21(32)35-9-13-3-5-14(6-4-13)28(33)34)27-18(11)17(20(27)31)12(2)23-16(30)7-26-10-22-24-25-26/h3-6,10-12,17-18,29H,7-9H2,1-2H3,(H,23,30)/t11-,12-,17-,18-/m1/s1. The lowest BCUT2D eigenvalue weighted by molar-refractivity contribution is -0.384. The number of β-lactam (4-membered cyclic amide) rings is 1. The summed E-state index contributed by atoms with van der Waals surface area (Å²) in [6, 6.07) is 4.58. The molecule has 0 radical (unpaired) electrons. The Morgan fingerprint density at radius 2 is 2.03 bits per heavy atom. The lowest BCUT2D eigenvalue weighted by Gasteiger charge is -2.48. The summed E-state index contributed by atoms with van der Waals surface area (Å²) < 4.78 is 6.60. The van der Waals surface area contributed by atoms with Crippen molar-refractivity contribution in [1.82, 2.24) is 30.4 Å². The first-order valence-electron chi connectivity index (χ1n) is 10.8. The van der Waals surface area contributed by atoms with Crippen LogP contribution in [-0.2, 0) is 32.3 Å². The Hall–Kier alpha value is -4.20. The molecule has 2 amide bonds. The van der Waals surface area contributed by atoms with Gasteiger partial charge in [0.15, 0.2) is 0 Å². The molecule has 3 heterocycles. The second-order valence-corrected chi connectivity index (χ2v) is 8.41. The van der Waals surface area contributed by atoms with Crippen LogP contribution in [0.1, 0.15) is 19.4 Å². The first kappa shape index (κ1) is 23.9. The zero-order chi connectivity index (χ0) is 25.3. The van der Waals surface area contributed by atoms with Gasteiger partial charge in [-0.1, -0.05) is 6.92 Å². The number of amides is 2. The van der Waals surface area contributed by atoms with Gasteiger partial charge in [-0.2, -0.15) is 0 Å². The number of carbonyl (C=O) groups excluding carboxylic acids is 3. The second-order valence-electron chi connectivity index (χ2n) is 8.41. The minimum atomic E-state index is -0.774. The number of fused-ring (bicyclic) bond motifs is 1. The summed E-state index contributed by atoms with van der Waals surface area (Å²) in [7, 11) is 0. The number of aliphatic hydroxyl groups excluding tert-OH is 1. The molecule has 0 aliphatic carbocycles. The molecule has 2 aliphatic heterocycles. The molecule has 2 aromatic rings. The molecule has 2 N–H and O–H groups in total. The first-order chi connectivity index (χ1) is 16.7. The highest BCUT2D eigenvalue weighted by Crippen LogP contribution is 2.47. The molecular weight excluding hydrogens is 462 g/mol. The monoisotopic (exact) mass is 485 g/mol. The van der Waals surface area contributed by atoms with Crippen LogP contribution in [-0.4, -0.2) is 71.6 Å². The highest BCUT2D eigenvalue weighted by atomic mass is 16.6. The fourth-order valence-corrected chi connectivity index (χ4v) is 4.58. The van der Waals surface area contributed by atoms with Gasteiger partial charge >= 0.3 is 5.97 Å². The van der Waals surface area contributed by atoms with E-state index >= 15 is 0 Å². The molecule has 1 aromatic carbocycles. The Balaban J connectivity index is 1.41.